The van der Waals surface area contributed by atoms with Gasteiger partial charge in [0.2, 0.25) is 0 Å². The molecule has 1 aliphatic rings. The summed E-state index contributed by atoms with van der Waals surface area (Å²) in [6.45, 7) is 0.562. The zero-order chi connectivity index (χ0) is 12.3. The van der Waals surface area contributed by atoms with Crippen molar-refractivity contribution in [3.63, 3.8) is 0 Å². The number of rotatable bonds is 5. The molecule has 0 bridgehead atoms. The number of nitro benzene ring substituents is 1. The highest BCUT2D eigenvalue weighted by molar-refractivity contribution is 6.17. The van der Waals surface area contributed by atoms with Crippen molar-refractivity contribution in [1.29, 1.82) is 0 Å². The van der Waals surface area contributed by atoms with Crippen LogP contribution >= 0.6 is 11.6 Å². The van der Waals surface area contributed by atoms with E-state index in [-0.39, 0.29) is 5.69 Å². The molecule has 5 heteroatoms. The van der Waals surface area contributed by atoms with E-state index < -0.39 is 4.92 Å². The molecular weight excluding hydrogens is 242 g/mol. The standard InChI is InChI=1S/C12H14ClNO3/c13-7-10-4-5-11(14(15)16)12(6-10)17-8-9-2-1-3-9/h4-6,9H,1-3,7-8H2. The maximum absolute atomic E-state index is 10.8. The van der Waals surface area contributed by atoms with E-state index in [0.717, 1.165) is 18.4 Å². The lowest BCUT2D eigenvalue weighted by Crippen LogP contribution is -2.19. The lowest BCUT2D eigenvalue weighted by Gasteiger charge is -2.25. The minimum absolute atomic E-state index is 0.0122. The minimum Gasteiger partial charge on any atom is -0.487 e. The Morgan fingerprint density at radius 3 is 2.76 bits per heavy atom. The predicted molar refractivity (Wildman–Crippen MR) is 65.5 cm³/mol. The third-order valence-corrected chi connectivity index (χ3v) is 3.38. The van der Waals surface area contributed by atoms with Gasteiger partial charge in [0.15, 0.2) is 5.75 Å². The molecule has 0 atom stereocenters. The van der Waals surface area contributed by atoms with Crippen molar-refractivity contribution in [2.75, 3.05) is 6.61 Å². The van der Waals surface area contributed by atoms with Gasteiger partial charge in [-0.25, -0.2) is 0 Å². The van der Waals surface area contributed by atoms with Gasteiger partial charge < -0.3 is 4.74 Å². The van der Waals surface area contributed by atoms with Crippen LogP contribution in [0.5, 0.6) is 5.75 Å². The van der Waals surface area contributed by atoms with Crippen molar-refractivity contribution in [3.8, 4) is 5.75 Å². The van der Waals surface area contributed by atoms with Crippen molar-refractivity contribution in [2.45, 2.75) is 25.1 Å². The first-order chi connectivity index (χ1) is 8.20. The second-order valence-electron chi connectivity index (χ2n) is 4.30. The Bertz CT molecular complexity index is 418. The molecule has 0 N–H and O–H groups in total. The van der Waals surface area contributed by atoms with E-state index >= 15 is 0 Å². The van der Waals surface area contributed by atoms with Crippen molar-refractivity contribution in [3.05, 3.63) is 33.9 Å². The molecule has 1 saturated carbocycles. The van der Waals surface area contributed by atoms with E-state index in [0.29, 0.717) is 24.2 Å². The number of hydrogen-bond donors (Lipinski definition) is 0. The Balaban J connectivity index is 2.12. The van der Waals surface area contributed by atoms with Gasteiger partial charge in [-0.3, -0.25) is 10.1 Å². The summed E-state index contributed by atoms with van der Waals surface area (Å²) in [6, 6.07) is 4.76. The summed E-state index contributed by atoms with van der Waals surface area (Å²) < 4.78 is 5.54. The highest BCUT2D eigenvalue weighted by Gasteiger charge is 2.21. The van der Waals surface area contributed by atoms with Crippen molar-refractivity contribution in [2.24, 2.45) is 5.92 Å². The van der Waals surface area contributed by atoms with Gasteiger partial charge in [-0.2, -0.15) is 0 Å². The summed E-state index contributed by atoms with van der Waals surface area (Å²) in [5.41, 5.74) is 0.846. The summed E-state index contributed by atoms with van der Waals surface area (Å²) in [5, 5.41) is 10.8. The summed E-state index contributed by atoms with van der Waals surface area (Å²) in [5.74, 6) is 1.21. The van der Waals surface area contributed by atoms with E-state index in [1.54, 1.807) is 12.1 Å². The summed E-state index contributed by atoms with van der Waals surface area (Å²) in [7, 11) is 0. The Labute approximate surface area is 105 Å². The monoisotopic (exact) mass is 255 g/mol. The SMILES string of the molecule is O=[N+]([O-])c1ccc(CCl)cc1OCC1CCC1. The Morgan fingerprint density at radius 2 is 2.24 bits per heavy atom. The van der Waals surface area contributed by atoms with E-state index in [1.165, 1.54) is 12.5 Å². The molecule has 1 aliphatic carbocycles. The van der Waals surface area contributed by atoms with Gasteiger partial charge in [-0.15, -0.1) is 11.6 Å². The molecule has 0 radical (unpaired) electrons. The van der Waals surface area contributed by atoms with Gasteiger partial charge in [0, 0.05) is 11.9 Å². The summed E-state index contributed by atoms with van der Waals surface area (Å²) in [4.78, 5) is 10.4. The van der Waals surface area contributed by atoms with Crippen LogP contribution in [0.1, 0.15) is 24.8 Å². The van der Waals surface area contributed by atoms with E-state index in [1.807, 2.05) is 0 Å². The first-order valence-corrected chi connectivity index (χ1v) is 6.20. The fourth-order valence-corrected chi connectivity index (χ4v) is 1.94. The van der Waals surface area contributed by atoms with Crippen molar-refractivity contribution >= 4 is 17.3 Å². The zero-order valence-corrected chi connectivity index (χ0v) is 10.2. The number of ether oxygens (including phenoxy) is 1. The van der Waals surface area contributed by atoms with Crippen LogP contribution in [0.15, 0.2) is 18.2 Å². The molecule has 1 aromatic rings. The highest BCUT2D eigenvalue weighted by atomic mass is 35.5. The third kappa shape index (κ3) is 2.88. The average molecular weight is 256 g/mol. The molecule has 0 heterocycles. The molecule has 2 rings (SSSR count). The lowest BCUT2D eigenvalue weighted by molar-refractivity contribution is -0.385. The smallest absolute Gasteiger partial charge is 0.310 e. The predicted octanol–water partition coefficient (Wildman–Crippen LogP) is 3.51. The number of hydrogen-bond acceptors (Lipinski definition) is 3. The maximum atomic E-state index is 10.8. The van der Waals surface area contributed by atoms with E-state index in [2.05, 4.69) is 0 Å². The molecule has 4 nitrogen and oxygen atoms in total. The second kappa shape index (κ2) is 5.36. The van der Waals surface area contributed by atoms with E-state index in [9.17, 15) is 10.1 Å². The van der Waals surface area contributed by atoms with Crippen LogP contribution < -0.4 is 4.74 Å². The van der Waals surface area contributed by atoms with Crippen LogP contribution in [0.4, 0.5) is 5.69 Å². The lowest BCUT2D eigenvalue weighted by atomic mass is 9.86. The molecule has 17 heavy (non-hydrogen) atoms. The van der Waals surface area contributed by atoms with Gasteiger partial charge in [0.05, 0.1) is 11.5 Å². The van der Waals surface area contributed by atoms with Gasteiger partial charge in [-0.1, -0.05) is 12.5 Å². The van der Waals surface area contributed by atoms with Crippen LogP contribution in [0.2, 0.25) is 0 Å². The molecule has 1 fully saturated rings. The molecule has 0 spiro atoms. The second-order valence-corrected chi connectivity index (χ2v) is 4.57. The third-order valence-electron chi connectivity index (χ3n) is 3.07. The normalized spacial score (nSPS) is 15.4. The first-order valence-electron chi connectivity index (χ1n) is 5.67. The number of nitrogens with zero attached hydrogens (tertiary/aromatic N) is 1. The zero-order valence-electron chi connectivity index (χ0n) is 9.39. The molecular formula is C12H14ClNO3. The molecule has 0 aliphatic heterocycles. The number of benzene rings is 1. The summed E-state index contributed by atoms with van der Waals surface area (Å²) in [6.07, 6.45) is 3.55. The molecule has 1 aromatic carbocycles. The van der Waals surface area contributed by atoms with Crippen LogP contribution in [-0.2, 0) is 5.88 Å². The molecule has 92 valence electrons. The summed E-state index contributed by atoms with van der Waals surface area (Å²) >= 11 is 5.71. The van der Waals surface area contributed by atoms with Crippen LogP contribution in [0.25, 0.3) is 0 Å². The Kier molecular flexibility index (Phi) is 3.84. The van der Waals surface area contributed by atoms with Crippen LogP contribution in [0, 0.1) is 16.0 Å². The quantitative estimate of drug-likeness (QED) is 0.460. The molecule has 0 aromatic heterocycles. The average Bonchev–Trinajstić information content (AvgIpc) is 2.26. The number of alkyl halides is 1. The largest absolute Gasteiger partial charge is 0.487 e. The van der Waals surface area contributed by atoms with Gasteiger partial charge in [-0.05, 0) is 30.4 Å². The van der Waals surface area contributed by atoms with E-state index in [4.69, 9.17) is 16.3 Å². The van der Waals surface area contributed by atoms with Crippen LogP contribution in [-0.4, -0.2) is 11.5 Å². The van der Waals surface area contributed by atoms with Crippen molar-refractivity contribution < 1.29 is 9.66 Å². The number of halogens is 1. The first kappa shape index (κ1) is 12.2. The Morgan fingerprint density at radius 1 is 1.47 bits per heavy atom. The highest BCUT2D eigenvalue weighted by Crippen LogP contribution is 2.32. The number of nitro groups is 1. The molecule has 0 amide bonds. The maximum Gasteiger partial charge on any atom is 0.310 e. The van der Waals surface area contributed by atoms with Crippen LogP contribution in [0.3, 0.4) is 0 Å². The van der Waals surface area contributed by atoms with Gasteiger partial charge in [0.25, 0.3) is 0 Å². The molecule has 0 saturated heterocycles. The van der Waals surface area contributed by atoms with Gasteiger partial charge in [0.1, 0.15) is 0 Å². The van der Waals surface area contributed by atoms with Gasteiger partial charge >= 0.3 is 5.69 Å². The topological polar surface area (TPSA) is 52.4 Å². The molecule has 0 unspecified atom stereocenters. The fraction of sp³-hybridized carbons (Fsp3) is 0.500. The fourth-order valence-electron chi connectivity index (χ4n) is 1.78. The van der Waals surface area contributed by atoms with Crippen molar-refractivity contribution in [1.82, 2.24) is 0 Å². The minimum atomic E-state index is -0.423. The Hall–Kier alpha value is -1.29.